The van der Waals surface area contributed by atoms with Crippen molar-refractivity contribution in [3.05, 3.63) is 28.7 Å². The van der Waals surface area contributed by atoms with Gasteiger partial charge in [0.15, 0.2) is 0 Å². The van der Waals surface area contributed by atoms with E-state index in [1.165, 1.54) is 18.3 Å². The van der Waals surface area contributed by atoms with Crippen molar-refractivity contribution in [3.63, 3.8) is 0 Å². The molecule has 1 aromatic heterocycles. The summed E-state index contributed by atoms with van der Waals surface area (Å²) in [6.45, 7) is 0.255. The standard InChI is InChI=1S/C11H16N2O4S/c1-17-11(5-2-6-11)8-13-18(15,16)9-3-4-10(14)12-7-9/h3-4,7,13H,2,5-6,8H2,1H3,(H,12,14). The van der Waals surface area contributed by atoms with E-state index in [9.17, 15) is 13.2 Å². The minimum atomic E-state index is -3.60. The Kier molecular flexibility index (Phi) is 3.56. The lowest BCUT2D eigenvalue weighted by molar-refractivity contribution is -0.0659. The van der Waals surface area contributed by atoms with Crippen LogP contribution in [-0.2, 0) is 14.8 Å². The highest BCUT2D eigenvalue weighted by molar-refractivity contribution is 7.89. The molecule has 0 aliphatic heterocycles. The molecule has 2 N–H and O–H groups in total. The summed E-state index contributed by atoms with van der Waals surface area (Å²) in [6.07, 6.45) is 3.95. The zero-order valence-corrected chi connectivity index (χ0v) is 10.9. The average molecular weight is 272 g/mol. The van der Waals surface area contributed by atoms with Crippen LogP contribution in [0, 0.1) is 0 Å². The molecular formula is C11H16N2O4S. The van der Waals surface area contributed by atoms with Gasteiger partial charge in [-0.15, -0.1) is 0 Å². The van der Waals surface area contributed by atoms with Crippen molar-refractivity contribution < 1.29 is 13.2 Å². The number of aromatic amines is 1. The Morgan fingerprint density at radius 3 is 2.61 bits per heavy atom. The first kappa shape index (κ1) is 13.3. The second-order valence-electron chi connectivity index (χ2n) is 4.45. The van der Waals surface area contributed by atoms with Gasteiger partial charge in [0.25, 0.3) is 0 Å². The number of nitrogens with one attached hydrogen (secondary N) is 2. The third kappa shape index (κ3) is 2.63. The van der Waals surface area contributed by atoms with Crippen LogP contribution >= 0.6 is 0 Å². The lowest BCUT2D eigenvalue weighted by Gasteiger charge is -2.40. The van der Waals surface area contributed by atoms with Crippen molar-refractivity contribution >= 4 is 10.0 Å². The van der Waals surface area contributed by atoms with Crippen LogP contribution < -0.4 is 10.3 Å². The Balaban J connectivity index is 2.08. The van der Waals surface area contributed by atoms with E-state index in [1.807, 2.05) is 0 Å². The minimum Gasteiger partial charge on any atom is -0.377 e. The Bertz CT molecular complexity index is 549. The first-order valence-electron chi connectivity index (χ1n) is 5.71. The molecule has 1 saturated carbocycles. The molecule has 0 amide bonds. The summed E-state index contributed by atoms with van der Waals surface area (Å²) in [7, 11) is -2.01. The fourth-order valence-electron chi connectivity index (χ4n) is 1.90. The summed E-state index contributed by atoms with van der Waals surface area (Å²) < 4.78 is 31.8. The Morgan fingerprint density at radius 1 is 1.44 bits per heavy atom. The molecule has 0 aromatic carbocycles. The van der Waals surface area contributed by atoms with E-state index < -0.39 is 10.0 Å². The first-order valence-corrected chi connectivity index (χ1v) is 7.19. The Morgan fingerprint density at radius 2 is 2.17 bits per heavy atom. The molecule has 100 valence electrons. The summed E-state index contributed by atoms with van der Waals surface area (Å²) in [5.74, 6) is 0. The summed E-state index contributed by atoms with van der Waals surface area (Å²) in [6, 6.07) is 2.46. The molecule has 1 aliphatic carbocycles. The van der Waals surface area contributed by atoms with E-state index in [0.29, 0.717) is 0 Å². The molecule has 1 aromatic rings. The topological polar surface area (TPSA) is 88.3 Å². The van der Waals surface area contributed by atoms with Crippen LogP contribution in [0.3, 0.4) is 0 Å². The lowest BCUT2D eigenvalue weighted by atomic mass is 9.80. The van der Waals surface area contributed by atoms with E-state index in [1.54, 1.807) is 7.11 Å². The van der Waals surface area contributed by atoms with Gasteiger partial charge >= 0.3 is 0 Å². The van der Waals surface area contributed by atoms with Crippen molar-refractivity contribution in [2.75, 3.05) is 13.7 Å². The quantitative estimate of drug-likeness (QED) is 0.802. The van der Waals surface area contributed by atoms with E-state index in [-0.39, 0.29) is 22.6 Å². The maximum absolute atomic E-state index is 12.0. The monoisotopic (exact) mass is 272 g/mol. The normalized spacial score (nSPS) is 18.3. The number of methoxy groups -OCH3 is 1. The molecule has 2 rings (SSSR count). The third-order valence-electron chi connectivity index (χ3n) is 3.35. The van der Waals surface area contributed by atoms with Crippen LogP contribution in [0.5, 0.6) is 0 Å². The van der Waals surface area contributed by atoms with Gasteiger partial charge in [0, 0.05) is 25.9 Å². The highest BCUT2D eigenvalue weighted by Gasteiger charge is 2.38. The maximum Gasteiger partial charge on any atom is 0.247 e. The molecular weight excluding hydrogens is 256 g/mol. The van der Waals surface area contributed by atoms with Crippen LogP contribution in [0.2, 0.25) is 0 Å². The molecule has 18 heavy (non-hydrogen) atoms. The number of sulfonamides is 1. The number of pyridine rings is 1. The Hall–Kier alpha value is -1.18. The van der Waals surface area contributed by atoms with Crippen molar-refractivity contribution in [2.45, 2.75) is 29.8 Å². The van der Waals surface area contributed by atoms with E-state index in [0.717, 1.165) is 19.3 Å². The van der Waals surface area contributed by atoms with Crippen LogP contribution in [0.4, 0.5) is 0 Å². The molecule has 7 heteroatoms. The van der Waals surface area contributed by atoms with Gasteiger partial charge in [0.2, 0.25) is 15.6 Å². The van der Waals surface area contributed by atoms with Gasteiger partial charge in [0.05, 0.1) is 10.5 Å². The molecule has 0 bridgehead atoms. The van der Waals surface area contributed by atoms with Crippen LogP contribution in [-0.4, -0.2) is 32.7 Å². The smallest absolute Gasteiger partial charge is 0.247 e. The number of rotatable bonds is 5. The van der Waals surface area contributed by atoms with Crippen molar-refractivity contribution in [1.82, 2.24) is 9.71 Å². The van der Waals surface area contributed by atoms with Gasteiger partial charge in [0.1, 0.15) is 0 Å². The van der Waals surface area contributed by atoms with Crippen molar-refractivity contribution in [1.29, 1.82) is 0 Å². The summed E-state index contributed by atoms with van der Waals surface area (Å²) in [5, 5.41) is 0. The Labute approximate surface area is 105 Å². The van der Waals surface area contributed by atoms with Crippen LogP contribution in [0.1, 0.15) is 19.3 Å². The molecule has 6 nitrogen and oxygen atoms in total. The number of hydrogen-bond acceptors (Lipinski definition) is 4. The summed E-state index contributed by atoms with van der Waals surface area (Å²) >= 11 is 0. The molecule has 0 atom stereocenters. The molecule has 0 saturated heterocycles. The van der Waals surface area contributed by atoms with Gasteiger partial charge in [-0.3, -0.25) is 4.79 Å². The second kappa shape index (κ2) is 4.83. The van der Waals surface area contributed by atoms with Crippen LogP contribution in [0.15, 0.2) is 28.0 Å². The summed E-state index contributed by atoms with van der Waals surface area (Å²) in [4.78, 5) is 13.3. The number of H-pyrrole nitrogens is 1. The summed E-state index contributed by atoms with van der Waals surface area (Å²) in [5.41, 5.74) is -0.698. The number of aromatic nitrogens is 1. The first-order chi connectivity index (χ1) is 8.47. The lowest BCUT2D eigenvalue weighted by Crippen LogP contribution is -2.49. The van der Waals surface area contributed by atoms with Crippen molar-refractivity contribution in [3.8, 4) is 0 Å². The fourth-order valence-corrected chi connectivity index (χ4v) is 2.98. The largest absolute Gasteiger partial charge is 0.377 e. The second-order valence-corrected chi connectivity index (χ2v) is 6.22. The third-order valence-corrected chi connectivity index (χ3v) is 4.75. The highest BCUT2D eigenvalue weighted by Crippen LogP contribution is 2.34. The van der Waals surface area contributed by atoms with Crippen LogP contribution in [0.25, 0.3) is 0 Å². The minimum absolute atomic E-state index is 0.0488. The molecule has 1 fully saturated rings. The molecule has 1 aliphatic rings. The number of hydrogen-bond donors (Lipinski definition) is 2. The maximum atomic E-state index is 12.0. The zero-order chi connectivity index (χ0) is 13.2. The van der Waals surface area contributed by atoms with E-state index in [2.05, 4.69) is 9.71 Å². The fraction of sp³-hybridized carbons (Fsp3) is 0.545. The number of ether oxygens (including phenoxy) is 1. The molecule has 0 unspecified atom stereocenters. The SMILES string of the molecule is COC1(CNS(=O)(=O)c2ccc(=O)[nH]c2)CCC1. The van der Waals surface area contributed by atoms with Gasteiger partial charge in [-0.25, -0.2) is 13.1 Å². The molecule has 0 spiro atoms. The molecule has 1 heterocycles. The predicted octanol–water partition coefficient (Wildman–Crippen LogP) is 0.222. The van der Waals surface area contributed by atoms with E-state index in [4.69, 9.17) is 4.74 Å². The highest BCUT2D eigenvalue weighted by atomic mass is 32.2. The predicted molar refractivity (Wildman–Crippen MR) is 65.8 cm³/mol. The average Bonchev–Trinajstić information content (AvgIpc) is 2.29. The van der Waals surface area contributed by atoms with Gasteiger partial charge in [-0.2, -0.15) is 0 Å². The molecule has 0 radical (unpaired) electrons. The van der Waals surface area contributed by atoms with Gasteiger partial charge in [-0.1, -0.05) is 0 Å². The van der Waals surface area contributed by atoms with E-state index >= 15 is 0 Å². The zero-order valence-electron chi connectivity index (χ0n) is 10.1. The van der Waals surface area contributed by atoms with Gasteiger partial charge in [-0.05, 0) is 25.3 Å². The van der Waals surface area contributed by atoms with Crippen molar-refractivity contribution in [2.24, 2.45) is 0 Å². The van der Waals surface area contributed by atoms with Gasteiger partial charge < -0.3 is 9.72 Å².